The fraction of sp³-hybridized carbons (Fsp3) is 0.600. The summed E-state index contributed by atoms with van der Waals surface area (Å²) in [5, 5.41) is 0. The molecule has 4 aliphatic rings. The minimum atomic E-state index is -0.156. The van der Waals surface area contributed by atoms with Gasteiger partial charge in [0.1, 0.15) is 12.2 Å². The number of allylic oxidation sites excluding steroid dienone is 1. The van der Waals surface area contributed by atoms with Crippen LogP contribution in [0.4, 0.5) is 0 Å². The molecule has 0 heterocycles. The maximum atomic E-state index is 12.6. The molecule has 44 heavy (non-hydrogen) atoms. The van der Waals surface area contributed by atoms with Gasteiger partial charge < -0.3 is 9.47 Å². The molecular formula is C40H52O4. The third kappa shape index (κ3) is 5.67. The number of benzene rings is 2. The molecule has 4 fully saturated rings. The lowest BCUT2D eigenvalue weighted by atomic mass is 9.43. The first-order valence-electron chi connectivity index (χ1n) is 17.3. The van der Waals surface area contributed by atoms with Crippen LogP contribution in [0.3, 0.4) is 0 Å². The molecule has 0 N–H and O–H groups in total. The van der Waals surface area contributed by atoms with Crippen LogP contribution in [0.1, 0.15) is 104 Å². The zero-order valence-electron chi connectivity index (χ0n) is 27.5. The van der Waals surface area contributed by atoms with E-state index < -0.39 is 0 Å². The lowest BCUT2D eigenvalue weighted by molar-refractivity contribution is -0.197. The summed E-state index contributed by atoms with van der Waals surface area (Å²) in [5.74, 6) is 3.07. The Balaban J connectivity index is 1.26. The molecule has 0 unspecified atom stereocenters. The van der Waals surface area contributed by atoms with Crippen LogP contribution in [0, 0.1) is 46.3 Å². The highest BCUT2D eigenvalue weighted by Crippen LogP contribution is 2.69. The molecule has 0 aliphatic heterocycles. The van der Waals surface area contributed by atoms with Crippen molar-refractivity contribution in [3.8, 4) is 0 Å². The first-order valence-corrected chi connectivity index (χ1v) is 17.3. The SMILES string of the molecule is CC(=O)O[C@H]1CC[C@@]2(C)[C@@H](CC[C@H]3[C@H]2C[C@@H](OC(C)=O)[C@@]2(C)[C@@H]3CC[C@H]2[C@H](C)CC=C(c2ccccc2)c2ccccc2)C1. The quantitative estimate of drug-likeness (QED) is 0.299. The van der Waals surface area contributed by atoms with E-state index in [4.69, 9.17) is 9.47 Å². The van der Waals surface area contributed by atoms with Gasteiger partial charge in [0.05, 0.1) is 0 Å². The Labute approximate surface area is 265 Å². The number of ether oxygens (including phenoxy) is 2. The normalized spacial score (nSPS) is 36.6. The van der Waals surface area contributed by atoms with Crippen LogP contribution in [0.25, 0.3) is 5.57 Å². The second-order valence-electron chi connectivity index (χ2n) is 15.1. The fourth-order valence-electron chi connectivity index (χ4n) is 10.9. The molecule has 4 saturated carbocycles. The van der Waals surface area contributed by atoms with E-state index in [-0.39, 0.29) is 35.0 Å². The van der Waals surface area contributed by atoms with Crippen molar-refractivity contribution in [2.75, 3.05) is 0 Å². The summed E-state index contributed by atoms with van der Waals surface area (Å²) in [6, 6.07) is 21.5. The van der Waals surface area contributed by atoms with Crippen LogP contribution in [-0.2, 0) is 19.1 Å². The van der Waals surface area contributed by atoms with Crippen molar-refractivity contribution < 1.29 is 19.1 Å². The number of hydrogen-bond acceptors (Lipinski definition) is 4. The molecular weight excluding hydrogens is 544 g/mol. The van der Waals surface area contributed by atoms with E-state index in [1.54, 1.807) is 6.92 Å². The summed E-state index contributed by atoms with van der Waals surface area (Å²) in [6.45, 7) is 10.6. The van der Waals surface area contributed by atoms with Crippen LogP contribution in [0.2, 0.25) is 0 Å². The van der Waals surface area contributed by atoms with E-state index in [0.717, 1.165) is 32.1 Å². The summed E-state index contributed by atoms with van der Waals surface area (Å²) in [5.41, 5.74) is 4.01. The second kappa shape index (κ2) is 12.5. The van der Waals surface area contributed by atoms with Gasteiger partial charge in [0.2, 0.25) is 0 Å². The largest absolute Gasteiger partial charge is 0.463 e. The van der Waals surface area contributed by atoms with E-state index in [2.05, 4.69) is 87.5 Å². The van der Waals surface area contributed by atoms with Crippen LogP contribution in [0.5, 0.6) is 0 Å². The average molecular weight is 597 g/mol. The van der Waals surface area contributed by atoms with Crippen LogP contribution in [0.15, 0.2) is 66.7 Å². The monoisotopic (exact) mass is 596 g/mol. The molecule has 2 aromatic carbocycles. The molecule has 10 atom stereocenters. The maximum Gasteiger partial charge on any atom is 0.302 e. The summed E-state index contributed by atoms with van der Waals surface area (Å²) in [4.78, 5) is 24.4. The highest BCUT2D eigenvalue weighted by molar-refractivity contribution is 5.79. The summed E-state index contributed by atoms with van der Waals surface area (Å²) >= 11 is 0. The summed E-state index contributed by atoms with van der Waals surface area (Å²) < 4.78 is 12.1. The van der Waals surface area contributed by atoms with Gasteiger partial charge in [-0.3, -0.25) is 9.59 Å². The number of carbonyl (C=O) groups is 2. The number of hydrogen-bond donors (Lipinski definition) is 0. The predicted molar refractivity (Wildman–Crippen MR) is 175 cm³/mol. The molecule has 0 bridgehead atoms. The van der Waals surface area contributed by atoms with Crippen molar-refractivity contribution in [3.05, 3.63) is 77.9 Å². The molecule has 0 spiro atoms. The first kappa shape index (κ1) is 31.1. The maximum absolute atomic E-state index is 12.6. The van der Waals surface area contributed by atoms with Crippen LogP contribution in [-0.4, -0.2) is 24.1 Å². The average Bonchev–Trinajstić information content (AvgIpc) is 3.37. The number of fused-ring (bicyclic) bond motifs is 5. The number of carbonyl (C=O) groups excluding carboxylic acids is 2. The molecule has 4 aliphatic carbocycles. The van der Waals surface area contributed by atoms with E-state index in [1.807, 2.05) is 0 Å². The Morgan fingerprint density at radius 3 is 2.07 bits per heavy atom. The summed E-state index contributed by atoms with van der Waals surface area (Å²) in [7, 11) is 0. The molecule has 4 nitrogen and oxygen atoms in total. The summed E-state index contributed by atoms with van der Waals surface area (Å²) in [6.07, 6.45) is 12.4. The second-order valence-corrected chi connectivity index (χ2v) is 15.1. The molecule has 0 amide bonds. The van der Waals surface area contributed by atoms with Crippen molar-refractivity contribution in [2.24, 2.45) is 46.3 Å². The van der Waals surface area contributed by atoms with Crippen molar-refractivity contribution in [3.63, 3.8) is 0 Å². The fourth-order valence-corrected chi connectivity index (χ4v) is 10.9. The Kier molecular flexibility index (Phi) is 8.83. The lowest BCUT2D eigenvalue weighted by Crippen LogP contribution is -2.59. The Bertz CT molecular complexity index is 1310. The number of rotatable bonds is 7. The van der Waals surface area contributed by atoms with Crippen molar-refractivity contribution >= 4 is 17.5 Å². The molecule has 2 aromatic rings. The standard InChI is InChI=1S/C40H52O4/c1-26(16-18-33(29-12-8-6-9-13-29)30-14-10-7-11-15-30)35-20-21-36-34-19-17-31-24-32(43-27(2)41)22-23-39(31,4)37(34)25-38(40(35,36)5)44-28(3)42/h6-15,18,26,31-32,34-38H,16-17,19-25H2,1-5H3/t26-,31+,32+,34-,35+,36-,37-,38-,39+,40-/m1/s1. The van der Waals surface area contributed by atoms with E-state index in [9.17, 15) is 9.59 Å². The zero-order valence-corrected chi connectivity index (χ0v) is 27.5. The van der Waals surface area contributed by atoms with E-state index in [1.165, 1.54) is 49.3 Å². The molecule has 6 rings (SSSR count). The van der Waals surface area contributed by atoms with Crippen LogP contribution < -0.4 is 0 Å². The van der Waals surface area contributed by atoms with Crippen molar-refractivity contribution in [1.29, 1.82) is 0 Å². The Hall–Kier alpha value is -2.88. The van der Waals surface area contributed by atoms with Gasteiger partial charge in [-0.1, -0.05) is 87.5 Å². The van der Waals surface area contributed by atoms with Gasteiger partial charge in [-0.2, -0.15) is 0 Å². The van der Waals surface area contributed by atoms with Crippen molar-refractivity contribution in [2.45, 2.75) is 105 Å². The van der Waals surface area contributed by atoms with Gasteiger partial charge in [-0.05, 0) is 115 Å². The zero-order chi connectivity index (χ0) is 31.1. The topological polar surface area (TPSA) is 52.6 Å². The van der Waals surface area contributed by atoms with Gasteiger partial charge in [-0.25, -0.2) is 0 Å². The molecule has 0 saturated heterocycles. The van der Waals surface area contributed by atoms with Gasteiger partial charge >= 0.3 is 11.9 Å². The molecule has 0 radical (unpaired) electrons. The Morgan fingerprint density at radius 1 is 0.818 bits per heavy atom. The number of esters is 2. The molecule has 236 valence electrons. The van der Waals surface area contributed by atoms with Crippen LogP contribution >= 0.6 is 0 Å². The smallest absolute Gasteiger partial charge is 0.302 e. The Morgan fingerprint density at radius 2 is 1.45 bits per heavy atom. The highest BCUT2D eigenvalue weighted by atomic mass is 16.5. The third-order valence-corrected chi connectivity index (χ3v) is 13.0. The van der Waals surface area contributed by atoms with Gasteiger partial charge in [0, 0.05) is 19.3 Å². The van der Waals surface area contributed by atoms with Crippen molar-refractivity contribution in [1.82, 2.24) is 0 Å². The van der Waals surface area contributed by atoms with Gasteiger partial charge in [0.25, 0.3) is 0 Å². The van der Waals surface area contributed by atoms with E-state index >= 15 is 0 Å². The lowest BCUT2D eigenvalue weighted by Gasteiger charge is -2.62. The van der Waals surface area contributed by atoms with Gasteiger partial charge in [0.15, 0.2) is 0 Å². The minimum Gasteiger partial charge on any atom is -0.463 e. The van der Waals surface area contributed by atoms with E-state index in [0.29, 0.717) is 35.5 Å². The minimum absolute atomic E-state index is 0.0160. The molecule has 0 aromatic heterocycles. The van der Waals surface area contributed by atoms with Gasteiger partial charge in [-0.15, -0.1) is 0 Å². The highest BCUT2D eigenvalue weighted by Gasteiger charge is 2.65. The first-order chi connectivity index (χ1) is 21.1. The molecule has 4 heteroatoms. The third-order valence-electron chi connectivity index (χ3n) is 13.0. The predicted octanol–water partition coefficient (Wildman–Crippen LogP) is 9.28.